The summed E-state index contributed by atoms with van der Waals surface area (Å²) in [5, 5.41) is 6.88. The fraction of sp³-hybridized carbons (Fsp3) is 0.542. The van der Waals surface area contributed by atoms with Crippen LogP contribution in [0.25, 0.3) is 0 Å². The summed E-state index contributed by atoms with van der Waals surface area (Å²) in [5.74, 6) is 1.19. The van der Waals surface area contributed by atoms with Crippen LogP contribution in [0, 0.1) is 13.8 Å². The zero-order chi connectivity index (χ0) is 24.0. The third-order valence-corrected chi connectivity index (χ3v) is 5.40. The number of rotatable bonds is 7. The molecule has 9 heteroatoms. The third kappa shape index (κ3) is 7.21. The lowest BCUT2D eigenvalue weighted by Crippen LogP contribution is -2.51. The maximum atomic E-state index is 12.6. The molecule has 33 heavy (non-hydrogen) atoms. The zero-order valence-corrected chi connectivity index (χ0v) is 20.1. The van der Waals surface area contributed by atoms with Crippen LogP contribution in [0.2, 0.25) is 0 Å². The van der Waals surface area contributed by atoms with Gasteiger partial charge in [0.1, 0.15) is 23.7 Å². The van der Waals surface area contributed by atoms with Gasteiger partial charge in [0.25, 0.3) is 5.91 Å². The molecule has 1 fully saturated rings. The number of hydrogen-bond donors (Lipinski definition) is 1. The molecular formula is C24H34N4O5. The van der Waals surface area contributed by atoms with Crippen LogP contribution < -0.4 is 10.1 Å². The van der Waals surface area contributed by atoms with Gasteiger partial charge in [-0.05, 0) is 52.8 Å². The van der Waals surface area contributed by atoms with E-state index in [2.05, 4.69) is 15.4 Å². The summed E-state index contributed by atoms with van der Waals surface area (Å²) in [6, 6.07) is 7.11. The number of nitrogens with one attached hydrogen (secondary N) is 1. The Balaban J connectivity index is 1.41. The number of ether oxygens (including phenoxy) is 2. The minimum Gasteiger partial charge on any atom is -0.489 e. The van der Waals surface area contributed by atoms with Crippen LogP contribution in [-0.2, 0) is 11.3 Å². The van der Waals surface area contributed by atoms with Crippen molar-refractivity contribution in [2.45, 2.75) is 46.8 Å². The summed E-state index contributed by atoms with van der Waals surface area (Å²) in [6.07, 6.45) is -0.271. The number of piperazine rings is 1. The highest BCUT2D eigenvalue weighted by Crippen LogP contribution is 2.18. The van der Waals surface area contributed by atoms with Gasteiger partial charge in [0.05, 0.1) is 11.3 Å². The maximum Gasteiger partial charge on any atom is 0.410 e. The largest absolute Gasteiger partial charge is 0.489 e. The zero-order valence-electron chi connectivity index (χ0n) is 20.1. The van der Waals surface area contributed by atoms with Crippen molar-refractivity contribution in [2.75, 3.05) is 39.3 Å². The fourth-order valence-electron chi connectivity index (χ4n) is 3.50. The number of hydrogen-bond acceptors (Lipinski definition) is 7. The molecule has 1 aromatic heterocycles. The lowest BCUT2D eigenvalue weighted by atomic mass is 10.2. The molecular weight excluding hydrogens is 424 g/mol. The molecule has 180 valence electrons. The van der Waals surface area contributed by atoms with Gasteiger partial charge in [0, 0.05) is 44.8 Å². The second-order valence-electron chi connectivity index (χ2n) is 9.18. The molecule has 0 spiro atoms. The van der Waals surface area contributed by atoms with Crippen molar-refractivity contribution in [1.82, 2.24) is 20.3 Å². The molecule has 1 aromatic carbocycles. The average Bonchev–Trinajstić information content (AvgIpc) is 3.09. The third-order valence-electron chi connectivity index (χ3n) is 5.40. The van der Waals surface area contributed by atoms with Crippen LogP contribution in [0.3, 0.4) is 0 Å². The summed E-state index contributed by atoms with van der Waals surface area (Å²) in [4.78, 5) is 28.7. The van der Waals surface area contributed by atoms with E-state index in [4.69, 9.17) is 14.0 Å². The Bertz CT molecular complexity index is 939. The second-order valence-corrected chi connectivity index (χ2v) is 9.18. The number of carbonyl (C=O) groups is 2. The van der Waals surface area contributed by atoms with Gasteiger partial charge in [-0.15, -0.1) is 0 Å². The molecule has 2 aromatic rings. The minimum atomic E-state index is -0.491. The van der Waals surface area contributed by atoms with Crippen molar-refractivity contribution in [3.05, 3.63) is 46.8 Å². The van der Waals surface area contributed by atoms with Crippen LogP contribution in [0.4, 0.5) is 4.79 Å². The summed E-state index contributed by atoms with van der Waals surface area (Å²) in [6.45, 7) is 13.6. The number of aromatic nitrogens is 1. The van der Waals surface area contributed by atoms with E-state index in [1.54, 1.807) is 23.1 Å². The molecule has 2 heterocycles. The van der Waals surface area contributed by atoms with Gasteiger partial charge in [-0.2, -0.15) is 0 Å². The summed E-state index contributed by atoms with van der Waals surface area (Å²) >= 11 is 0. The van der Waals surface area contributed by atoms with E-state index in [0.29, 0.717) is 37.6 Å². The highest BCUT2D eigenvalue weighted by molar-refractivity contribution is 5.94. The molecule has 3 rings (SSSR count). The van der Waals surface area contributed by atoms with E-state index in [1.165, 1.54) is 0 Å². The molecule has 1 saturated heterocycles. The van der Waals surface area contributed by atoms with Gasteiger partial charge in [-0.25, -0.2) is 4.79 Å². The predicted octanol–water partition coefficient (Wildman–Crippen LogP) is 3.15. The lowest BCUT2D eigenvalue weighted by Gasteiger charge is -2.35. The molecule has 0 unspecified atom stereocenters. The first kappa shape index (κ1) is 24.6. The van der Waals surface area contributed by atoms with Crippen molar-refractivity contribution in [3.8, 4) is 5.75 Å². The predicted molar refractivity (Wildman–Crippen MR) is 123 cm³/mol. The monoisotopic (exact) mass is 458 g/mol. The van der Waals surface area contributed by atoms with Crippen molar-refractivity contribution in [3.63, 3.8) is 0 Å². The molecule has 0 aliphatic carbocycles. The van der Waals surface area contributed by atoms with E-state index in [0.717, 1.165) is 36.7 Å². The summed E-state index contributed by atoms with van der Waals surface area (Å²) in [7, 11) is 0. The Kier molecular flexibility index (Phi) is 7.97. The SMILES string of the molecule is Cc1noc(C)c1COc1cccc(C(=O)NCCN2CCN(C(=O)OC(C)(C)C)CC2)c1. The Labute approximate surface area is 195 Å². The summed E-state index contributed by atoms with van der Waals surface area (Å²) in [5.41, 5.74) is 1.76. The molecule has 0 radical (unpaired) electrons. The van der Waals surface area contributed by atoms with Crippen molar-refractivity contribution in [2.24, 2.45) is 0 Å². The first-order chi connectivity index (χ1) is 15.6. The topological polar surface area (TPSA) is 97.1 Å². The molecule has 0 saturated carbocycles. The van der Waals surface area contributed by atoms with Gasteiger partial charge in [-0.1, -0.05) is 11.2 Å². The lowest BCUT2D eigenvalue weighted by molar-refractivity contribution is 0.0147. The molecule has 0 bridgehead atoms. The van der Waals surface area contributed by atoms with Crippen molar-refractivity contribution >= 4 is 12.0 Å². The number of benzene rings is 1. The van der Waals surface area contributed by atoms with E-state index >= 15 is 0 Å². The van der Waals surface area contributed by atoms with Crippen LogP contribution in [0.5, 0.6) is 5.75 Å². The van der Waals surface area contributed by atoms with E-state index in [9.17, 15) is 9.59 Å². The Morgan fingerprint density at radius 1 is 1.15 bits per heavy atom. The van der Waals surface area contributed by atoms with Crippen LogP contribution in [0.1, 0.15) is 48.1 Å². The van der Waals surface area contributed by atoms with Gasteiger partial charge < -0.3 is 24.2 Å². The van der Waals surface area contributed by atoms with E-state index in [1.807, 2.05) is 40.7 Å². The Morgan fingerprint density at radius 2 is 1.88 bits per heavy atom. The first-order valence-electron chi connectivity index (χ1n) is 11.3. The number of aryl methyl sites for hydroxylation is 2. The van der Waals surface area contributed by atoms with E-state index < -0.39 is 5.60 Å². The highest BCUT2D eigenvalue weighted by atomic mass is 16.6. The summed E-state index contributed by atoms with van der Waals surface area (Å²) < 4.78 is 16.4. The Morgan fingerprint density at radius 3 is 2.52 bits per heavy atom. The van der Waals surface area contributed by atoms with Gasteiger partial charge in [0.2, 0.25) is 0 Å². The van der Waals surface area contributed by atoms with E-state index in [-0.39, 0.29) is 12.0 Å². The van der Waals surface area contributed by atoms with Crippen molar-refractivity contribution < 1.29 is 23.6 Å². The number of nitrogens with zero attached hydrogens (tertiary/aromatic N) is 3. The average molecular weight is 459 g/mol. The fourth-order valence-corrected chi connectivity index (χ4v) is 3.50. The molecule has 0 atom stereocenters. The van der Waals surface area contributed by atoms with Gasteiger partial charge in [-0.3, -0.25) is 9.69 Å². The van der Waals surface area contributed by atoms with Gasteiger partial charge >= 0.3 is 6.09 Å². The number of carbonyl (C=O) groups excluding carboxylic acids is 2. The second kappa shape index (κ2) is 10.7. The highest BCUT2D eigenvalue weighted by Gasteiger charge is 2.25. The number of amides is 2. The smallest absolute Gasteiger partial charge is 0.410 e. The molecule has 9 nitrogen and oxygen atoms in total. The van der Waals surface area contributed by atoms with Crippen LogP contribution >= 0.6 is 0 Å². The molecule has 2 amide bonds. The normalized spacial score (nSPS) is 14.8. The maximum absolute atomic E-state index is 12.6. The van der Waals surface area contributed by atoms with Crippen LogP contribution in [0.15, 0.2) is 28.8 Å². The quantitative estimate of drug-likeness (QED) is 0.681. The molecule has 1 N–H and O–H groups in total. The van der Waals surface area contributed by atoms with Crippen molar-refractivity contribution in [1.29, 1.82) is 0 Å². The van der Waals surface area contributed by atoms with Gasteiger partial charge in [0.15, 0.2) is 0 Å². The molecule has 1 aliphatic heterocycles. The first-order valence-corrected chi connectivity index (χ1v) is 11.3. The molecule has 1 aliphatic rings. The van der Waals surface area contributed by atoms with Crippen LogP contribution in [-0.4, -0.2) is 71.8 Å². The minimum absolute atomic E-state index is 0.148. The Hall–Kier alpha value is -3.07. The standard InChI is InChI=1S/C24H34N4O5/c1-17-21(18(2)33-26-17)16-31-20-8-6-7-19(15-20)22(29)25-9-10-27-11-13-28(14-12-27)23(30)32-24(3,4)5/h6-8,15H,9-14,16H2,1-5H3,(H,25,29).